The normalized spacial score (nSPS) is 14.4. The number of nitrogens with one attached hydrogen (secondary N) is 1. The molecular weight excluding hydrogens is 342 g/mol. The predicted octanol–water partition coefficient (Wildman–Crippen LogP) is 1.54. The number of amides is 2. The van der Waals surface area contributed by atoms with Gasteiger partial charge in [-0.2, -0.15) is 0 Å². The second-order valence-corrected chi connectivity index (χ2v) is 5.77. The summed E-state index contributed by atoms with van der Waals surface area (Å²) in [4.78, 5) is 38.8. The Balaban J connectivity index is 2.19. The SMILES string of the molecule is CCOC(=O)c1cnc(OC(=O)NC(=O)CN)c(OC2CCCCC2)c1. The average Bonchev–Trinajstić information content (AvgIpc) is 2.64. The third-order valence-corrected chi connectivity index (χ3v) is 3.79. The van der Waals surface area contributed by atoms with Gasteiger partial charge in [0.25, 0.3) is 5.88 Å². The van der Waals surface area contributed by atoms with Crippen LogP contribution in [-0.4, -0.2) is 42.2 Å². The maximum atomic E-state index is 11.9. The largest absolute Gasteiger partial charge is 0.485 e. The van der Waals surface area contributed by atoms with E-state index in [1.807, 2.05) is 5.32 Å². The van der Waals surface area contributed by atoms with Crippen molar-refractivity contribution in [3.05, 3.63) is 17.8 Å². The molecule has 9 heteroatoms. The van der Waals surface area contributed by atoms with Crippen molar-refractivity contribution in [3.8, 4) is 11.6 Å². The van der Waals surface area contributed by atoms with Crippen LogP contribution >= 0.6 is 0 Å². The first-order chi connectivity index (χ1) is 12.5. The van der Waals surface area contributed by atoms with Crippen LogP contribution in [0.3, 0.4) is 0 Å². The van der Waals surface area contributed by atoms with Crippen molar-refractivity contribution in [2.24, 2.45) is 5.73 Å². The fourth-order valence-corrected chi connectivity index (χ4v) is 2.56. The van der Waals surface area contributed by atoms with Gasteiger partial charge in [0.2, 0.25) is 5.91 Å². The van der Waals surface area contributed by atoms with Crippen molar-refractivity contribution < 1.29 is 28.6 Å². The van der Waals surface area contributed by atoms with Crippen LogP contribution in [0.4, 0.5) is 4.79 Å². The average molecular weight is 365 g/mol. The van der Waals surface area contributed by atoms with Crippen LogP contribution in [0.15, 0.2) is 12.3 Å². The molecule has 1 fully saturated rings. The molecule has 9 nitrogen and oxygen atoms in total. The van der Waals surface area contributed by atoms with E-state index in [0.29, 0.717) is 0 Å². The quantitative estimate of drug-likeness (QED) is 0.726. The fraction of sp³-hybridized carbons (Fsp3) is 0.529. The molecule has 1 aromatic heterocycles. The summed E-state index contributed by atoms with van der Waals surface area (Å²) in [6.07, 6.45) is 5.09. The van der Waals surface area contributed by atoms with E-state index in [0.717, 1.165) is 32.1 Å². The highest BCUT2D eigenvalue weighted by Crippen LogP contribution is 2.30. The number of ether oxygens (including phenoxy) is 3. The Bertz CT molecular complexity index is 658. The number of imide groups is 1. The van der Waals surface area contributed by atoms with Gasteiger partial charge >= 0.3 is 12.1 Å². The zero-order valence-corrected chi connectivity index (χ0v) is 14.7. The Kier molecular flexibility index (Phi) is 7.34. The summed E-state index contributed by atoms with van der Waals surface area (Å²) >= 11 is 0. The van der Waals surface area contributed by atoms with Gasteiger partial charge in [-0.25, -0.2) is 14.6 Å². The van der Waals surface area contributed by atoms with Crippen LogP contribution in [-0.2, 0) is 9.53 Å². The van der Waals surface area contributed by atoms with E-state index in [1.54, 1.807) is 6.92 Å². The van der Waals surface area contributed by atoms with E-state index >= 15 is 0 Å². The van der Waals surface area contributed by atoms with Gasteiger partial charge in [-0.3, -0.25) is 10.1 Å². The summed E-state index contributed by atoms with van der Waals surface area (Å²) < 4.78 is 15.9. The molecule has 0 aliphatic heterocycles. The molecular formula is C17H23N3O6. The van der Waals surface area contributed by atoms with Gasteiger partial charge in [0.05, 0.1) is 24.8 Å². The molecule has 1 aromatic rings. The molecule has 0 aromatic carbocycles. The molecule has 0 spiro atoms. The lowest BCUT2D eigenvalue weighted by atomic mass is 9.98. The Labute approximate surface area is 151 Å². The smallest absolute Gasteiger partial charge is 0.420 e. The zero-order chi connectivity index (χ0) is 18.9. The van der Waals surface area contributed by atoms with Crippen molar-refractivity contribution in [2.45, 2.75) is 45.1 Å². The minimum atomic E-state index is -1.02. The fourth-order valence-electron chi connectivity index (χ4n) is 2.56. The summed E-state index contributed by atoms with van der Waals surface area (Å²) in [5.41, 5.74) is 5.32. The molecule has 1 aliphatic carbocycles. The highest BCUT2D eigenvalue weighted by atomic mass is 16.6. The van der Waals surface area contributed by atoms with Gasteiger partial charge in [0.1, 0.15) is 0 Å². The van der Waals surface area contributed by atoms with E-state index in [1.165, 1.54) is 12.3 Å². The lowest BCUT2D eigenvalue weighted by molar-refractivity contribution is -0.118. The first kappa shape index (κ1) is 19.6. The van der Waals surface area contributed by atoms with Crippen molar-refractivity contribution in [3.63, 3.8) is 0 Å². The zero-order valence-electron chi connectivity index (χ0n) is 14.7. The lowest BCUT2D eigenvalue weighted by Gasteiger charge is -2.23. The summed E-state index contributed by atoms with van der Waals surface area (Å²) in [6.45, 7) is 1.57. The van der Waals surface area contributed by atoms with Crippen molar-refractivity contribution in [2.75, 3.05) is 13.2 Å². The van der Waals surface area contributed by atoms with E-state index in [4.69, 9.17) is 19.9 Å². The lowest BCUT2D eigenvalue weighted by Crippen LogP contribution is -2.37. The molecule has 26 heavy (non-hydrogen) atoms. The number of nitrogens with zero attached hydrogens (tertiary/aromatic N) is 1. The minimum Gasteiger partial charge on any atom is -0.485 e. The highest BCUT2D eigenvalue weighted by Gasteiger charge is 2.22. The highest BCUT2D eigenvalue weighted by molar-refractivity contribution is 5.93. The molecule has 0 radical (unpaired) electrons. The van der Waals surface area contributed by atoms with Crippen LogP contribution in [0, 0.1) is 0 Å². The molecule has 1 heterocycles. The monoisotopic (exact) mass is 365 g/mol. The van der Waals surface area contributed by atoms with Gasteiger partial charge in [-0.05, 0) is 32.6 Å². The van der Waals surface area contributed by atoms with E-state index in [-0.39, 0.29) is 36.4 Å². The Hall–Kier alpha value is -2.68. The van der Waals surface area contributed by atoms with E-state index in [9.17, 15) is 14.4 Å². The van der Waals surface area contributed by atoms with Crippen LogP contribution in [0.1, 0.15) is 49.4 Å². The third kappa shape index (κ3) is 5.69. The molecule has 0 atom stereocenters. The number of rotatable bonds is 6. The molecule has 0 saturated heterocycles. The Morgan fingerprint density at radius 1 is 1.27 bits per heavy atom. The van der Waals surface area contributed by atoms with Crippen molar-refractivity contribution >= 4 is 18.0 Å². The predicted molar refractivity (Wildman–Crippen MR) is 90.9 cm³/mol. The van der Waals surface area contributed by atoms with Crippen LogP contribution in [0.25, 0.3) is 0 Å². The van der Waals surface area contributed by atoms with Gasteiger partial charge < -0.3 is 19.9 Å². The number of pyridine rings is 1. The first-order valence-corrected chi connectivity index (χ1v) is 8.59. The molecule has 2 rings (SSSR count). The summed E-state index contributed by atoms with van der Waals surface area (Å²) in [6, 6.07) is 1.42. The number of nitrogens with two attached hydrogens (primary N) is 1. The standard InChI is InChI=1S/C17H23N3O6/c1-2-24-16(22)11-8-13(25-12-6-4-3-5-7-12)15(19-10-11)26-17(23)20-14(21)9-18/h8,10,12H,2-7,9,18H2,1H3,(H,20,21,23). The number of aromatic nitrogens is 1. The second-order valence-electron chi connectivity index (χ2n) is 5.77. The number of carbonyl (C=O) groups is 3. The van der Waals surface area contributed by atoms with Gasteiger partial charge in [-0.1, -0.05) is 6.42 Å². The molecule has 3 N–H and O–H groups in total. The number of carbonyl (C=O) groups excluding carboxylic acids is 3. The van der Waals surface area contributed by atoms with Crippen molar-refractivity contribution in [1.29, 1.82) is 0 Å². The molecule has 0 unspecified atom stereocenters. The first-order valence-electron chi connectivity index (χ1n) is 8.59. The molecule has 142 valence electrons. The maximum Gasteiger partial charge on any atom is 0.420 e. The van der Waals surface area contributed by atoms with E-state index in [2.05, 4.69) is 4.98 Å². The minimum absolute atomic E-state index is 0.0564. The number of hydrogen-bond acceptors (Lipinski definition) is 8. The van der Waals surface area contributed by atoms with Gasteiger partial charge in [-0.15, -0.1) is 0 Å². The molecule has 1 aliphatic rings. The molecule has 2 amide bonds. The van der Waals surface area contributed by atoms with E-state index < -0.39 is 18.0 Å². The van der Waals surface area contributed by atoms with Crippen molar-refractivity contribution in [1.82, 2.24) is 10.3 Å². The maximum absolute atomic E-state index is 11.9. The van der Waals surface area contributed by atoms with Crippen LogP contribution < -0.4 is 20.5 Å². The summed E-state index contributed by atoms with van der Waals surface area (Å²) in [7, 11) is 0. The number of hydrogen-bond donors (Lipinski definition) is 2. The summed E-state index contributed by atoms with van der Waals surface area (Å²) in [5.74, 6) is -1.22. The Morgan fingerprint density at radius 2 is 2.00 bits per heavy atom. The summed E-state index contributed by atoms with van der Waals surface area (Å²) in [5, 5.41) is 1.95. The number of esters is 1. The van der Waals surface area contributed by atoms with Gasteiger partial charge in [0, 0.05) is 12.3 Å². The Morgan fingerprint density at radius 3 is 2.65 bits per heavy atom. The molecule has 1 saturated carbocycles. The molecule has 0 bridgehead atoms. The van der Waals surface area contributed by atoms with Crippen LogP contribution in [0.5, 0.6) is 11.6 Å². The van der Waals surface area contributed by atoms with Gasteiger partial charge in [0.15, 0.2) is 5.75 Å². The second kappa shape index (κ2) is 9.71. The topological polar surface area (TPSA) is 130 Å². The third-order valence-electron chi connectivity index (χ3n) is 3.79. The van der Waals surface area contributed by atoms with Crippen LogP contribution in [0.2, 0.25) is 0 Å².